The van der Waals surface area contributed by atoms with Crippen molar-refractivity contribution in [1.82, 2.24) is 0 Å². The Hall–Kier alpha value is -2.29. The van der Waals surface area contributed by atoms with E-state index in [1.54, 1.807) is 6.08 Å². The SMILES string of the molecule is CCCCC/C=C\C/C=C\C/C=C\C=C\C(=O)CCCC(=O)OC[C@H](COP(=O)([O-])OCC[N+](C)(C)C)O/C=C/CCCCCCCCCCCCCC. The highest BCUT2D eigenvalue weighted by atomic mass is 31.2. The lowest BCUT2D eigenvalue weighted by Gasteiger charge is -2.28. The summed E-state index contributed by atoms with van der Waals surface area (Å²) in [5.41, 5.74) is 0. The Bertz CT molecular complexity index is 1110. The lowest BCUT2D eigenvalue weighted by Crippen LogP contribution is -2.37. The molecular weight excluding hydrogens is 701 g/mol. The molecule has 2 atom stereocenters. The Labute approximate surface area is 330 Å². The van der Waals surface area contributed by atoms with Gasteiger partial charge in [0.2, 0.25) is 0 Å². The number of allylic oxidation sites excluding steroid dienone is 9. The number of esters is 1. The number of hydrogen-bond acceptors (Lipinski definition) is 8. The normalized spacial score (nSPS) is 14.3. The Kier molecular flexibility index (Phi) is 34.8. The second-order valence-electron chi connectivity index (χ2n) is 15.1. The summed E-state index contributed by atoms with van der Waals surface area (Å²) in [7, 11) is 1.23. The summed E-state index contributed by atoms with van der Waals surface area (Å²) in [4.78, 5) is 37.0. The number of hydrogen-bond donors (Lipinski definition) is 0. The van der Waals surface area contributed by atoms with Gasteiger partial charge in [0.25, 0.3) is 7.82 Å². The Morgan fingerprint density at radius 3 is 1.85 bits per heavy atom. The molecule has 0 fully saturated rings. The average molecular weight is 780 g/mol. The van der Waals surface area contributed by atoms with E-state index in [0.717, 1.165) is 38.5 Å². The molecule has 0 amide bonds. The first-order valence-electron chi connectivity index (χ1n) is 21.0. The van der Waals surface area contributed by atoms with Crippen molar-refractivity contribution in [2.45, 2.75) is 161 Å². The van der Waals surface area contributed by atoms with E-state index in [-0.39, 0.29) is 38.4 Å². The summed E-state index contributed by atoms with van der Waals surface area (Å²) >= 11 is 0. The number of nitrogens with zero attached hydrogens (tertiary/aromatic N) is 1. The zero-order chi connectivity index (χ0) is 40.0. The van der Waals surface area contributed by atoms with Crippen LogP contribution in [-0.2, 0) is 32.7 Å². The van der Waals surface area contributed by atoms with Crippen molar-refractivity contribution < 1.29 is 42.1 Å². The van der Waals surface area contributed by atoms with Crippen molar-refractivity contribution in [2.75, 3.05) is 47.5 Å². The van der Waals surface area contributed by atoms with Crippen molar-refractivity contribution in [2.24, 2.45) is 0 Å². The van der Waals surface area contributed by atoms with Gasteiger partial charge < -0.3 is 27.9 Å². The van der Waals surface area contributed by atoms with Crippen LogP contribution in [0.1, 0.15) is 155 Å². The van der Waals surface area contributed by atoms with E-state index in [2.05, 4.69) is 38.2 Å². The Morgan fingerprint density at radius 1 is 0.648 bits per heavy atom. The largest absolute Gasteiger partial charge is 0.756 e. The number of phosphoric acid groups is 1. The van der Waals surface area contributed by atoms with Crippen LogP contribution in [0.4, 0.5) is 0 Å². The smallest absolute Gasteiger partial charge is 0.305 e. The number of carbonyl (C=O) groups excluding carboxylic acids is 2. The molecule has 0 aromatic rings. The maximum Gasteiger partial charge on any atom is 0.305 e. The first-order valence-corrected chi connectivity index (χ1v) is 22.5. The molecule has 0 N–H and O–H groups in total. The Morgan fingerprint density at radius 2 is 1.20 bits per heavy atom. The molecule has 1 unspecified atom stereocenters. The van der Waals surface area contributed by atoms with E-state index in [9.17, 15) is 19.0 Å². The van der Waals surface area contributed by atoms with Crippen LogP contribution in [0.25, 0.3) is 0 Å². The molecule has 0 aromatic carbocycles. The van der Waals surface area contributed by atoms with Gasteiger partial charge in [-0.05, 0) is 57.1 Å². The van der Waals surface area contributed by atoms with Crippen LogP contribution >= 0.6 is 7.82 Å². The van der Waals surface area contributed by atoms with Crippen LogP contribution in [0.2, 0.25) is 0 Å². The van der Waals surface area contributed by atoms with E-state index in [1.165, 1.54) is 95.8 Å². The summed E-state index contributed by atoms with van der Waals surface area (Å²) < 4.78 is 34.1. The monoisotopic (exact) mass is 780 g/mol. The van der Waals surface area contributed by atoms with Gasteiger partial charge in [0.1, 0.15) is 19.8 Å². The van der Waals surface area contributed by atoms with Crippen LogP contribution in [0.5, 0.6) is 0 Å². The fourth-order valence-electron chi connectivity index (χ4n) is 5.25. The molecule has 0 bridgehead atoms. The summed E-state index contributed by atoms with van der Waals surface area (Å²) in [6.45, 7) is 4.39. The van der Waals surface area contributed by atoms with Crippen molar-refractivity contribution in [1.29, 1.82) is 0 Å². The lowest BCUT2D eigenvalue weighted by atomic mass is 10.0. The molecule has 54 heavy (non-hydrogen) atoms. The van der Waals surface area contributed by atoms with Gasteiger partial charge in [0.05, 0.1) is 34.0 Å². The minimum absolute atomic E-state index is 0.0113. The van der Waals surface area contributed by atoms with E-state index >= 15 is 0 Å². The molecule has 0 aromatic heterocycles. The molecule has 9 nitrogen and oxygen atoms in total. The molecule has 312 valence electrons. The predicted octanol–water partition coefficient (Wildman–Crippen LogP) is 11.1. The first kappa shape index (κ1) is 51.7. The van der Waals surface area contributed by atoms with E-state index in [4.69, 9.17) is 18.5 Å². The van der Waals surface area contributed by atoms with E-state index < -0.39 is 19.9 Å². The zero-order valence-electron chi connectivity index (χ0n) is 34.9. The molecule has 0 aliphatic carbocycles. The minimum atomic E-state index is -4.57. The molecule has 0 aliphatic rings. The van der Waals surface area contributed by atoms with Gasteiger partial charge in [-0.15, -0.1) is 0 Å². The average Bonchev–Trinajstić information content (AvgIpc) is 3.12. The van der Waals surface area contributed by atoms with Crippen LogP contribution < -0.4 is 4.89 Å². The third-order valence-electron chi connectivity index (χ3n) is 8.64. The van der Waals surface area contributed by atoms with Crippen LogP contribution in [0.3, 0.4) is 0 Å². The molecule has 0 aliphatic heterocycles. The Balaban J connectivity index is 4.52. The first-order chi connectivity index (χ1) is 26.0. The molecule has 0 heterocycles. The summed E-state index contributed by atoms with van der Waals surface area (Å²) in [6, 6.07) is 0. The van der Waals surface area contributed by atoms with Gasteiger partial charge >= 0.3 is 5.97 Å². The highest BCUT2D eigenvalue weighted by molar-refractivity contribution is 7.45. The number of unbranched alkanes of at least 4 members (excludes halogenated alkanes) is 15. The second kappa shape index (κ2) is 36.4. The van der Waals surface area contributed by atoms with Crippen molar-refractivity contribution in [3.05, 3.63) is 60.9 Å². The number of quaternary nitrogens is 1. The standard InChI is InChI=1S/C44H78NO8P/c1-6-8-10-12-14-16-18-20-22-24-26-28-30-32-38-50-43(41-53-54(48,49)52-39-37-45(3,4)5)40-51-44(47)36-33-35-42(46)34-31-29-27-25-23-21-19-17-15-13-11-9-7-2/h15,17,21,23,27,29,31-32,34,38,43H,6-14,16,18-20,22,24-26,28,30,33,35-37,39-41H2,1-5H3/b17-15-,23-21-,29-27-,34-31+,38-32+/t43-/m1/s1. The van der Waals surface area contributed by atoms with E-state index in [1.807, 2.05) is 39.4 Å². The molecule has 0 saturated heterocycles. The number of phosphoric ester groups is 1. The van der Waals surface area contributed by atoms with Gasteiger partial charge in [0.15, 0.2) is 11.9 Å². The lowest BCUT2D eigenvalue weighted by molar-refractivity contribution is -0.870. The second-order valence-corrected chi connectivity index (χ2v) is 16.5. The van der Waals surface area contributed by atoms with Crippen molar-refractivity contribution in [3.63, 3.8) is 0 Å². The third kappa shape index (κ3) is 39.4. The number of likely N-dealkylation sites (N-methyl/N-ethyl adjacent to an activating group) is 1. The fraction of sp³-hybridized carbons (Fsp3) is 0.727. The van der Waals surface area contributed by atoms with Gasteiger partial charge in [-0.25, -0.2) is 0 Å². The van der Waals surface area contributed by atoms with Crippen LogP contribution in [0.15, 0.2) is 60.9 Å². The number of ketones is 1. The van der Waals surface area contributed by atoms with Crippen LogP contribution in [0, 0.1) is 0 Å². The fourth-order valence-corrected chi connectivity index (χ4v) is 5.98. The molecule has 10 heteroatoms. The van der Waals surface area contributed by atoms with Crippen molar-refractivity contribution >= 4 is 19.6 Å². The summed E-state index contributed by atoms with van der Waals surface area (Å²) in [5, 5.41) is 0. The highest BCUT2D eigenvalue weighted by Crippen LogP contribution is 2.38. The van der Waals surface area contributed by atoms with Crippen LogP contribution in [-0.4, -0.2) is 69.8 Å². The molecular formula is C44H78NO8P. The summed E-state index contributed by atoms with van der Waals surface area (Å²) in [5.74, 6) is -0.562. The summed E-state index contributed by atoms with van der Waals surface area (Å²) in [6.07, 6.45) is 41.9. The van der Waals surface area contributed by atoms with Crippen molar-refractivity contribution in [3.8, 4) is 0 Å². The molecule has 0 spiro atoms. The quantitative estimate of drug-likeness (QED) is 0.00890. The van der Waals surface area contributed by atoms with Gasteiger partial charge in [-0.3, -0.25) is 14.2 Å². The third-order valence-corrected chi connectivity index (χ3v) is 9.60. The number of ether oxygens (including phenoxy) is 2. The van der Waals surface area contributed by atoms with Gasteiger partial charge in [-0.2, -0.15) is 0 Å². The molecule has 0 radical (unpaired) electrons. The predicted molar refractivity (Wildman–Crippen MR) is 222 cm³/mol. The highest BCUT2D eigenvalue weighted by Gasteiger charge is 2.19. The topological polar surface area (TPSA) is 111 Å². The maximum atomic E-state index is 12.4. The number of rotatable bonds is 38. The molecule has 0 saturated carbocycles. The maximum absolute atomic E-state index is 12.4. The van der Waals surface area contributed by atoms with Gasteiger partial charge in [-0.1, -0.05) is 140 Å². The molecule has 0 rings (SSSR count). The van der Waals surface area contributed by atoms with Gasteiger partial charge in [0, 0.05) is 12.8 Å². The van der Waals surface area contributed by atoms with E-state index in [0.29, 0.717) is 17.4 Å². The number of carbonyl (C=O) groups is 2. The minimum Gasteiger partial charge on any atom is -0.756 e. The zero-order valence-corrected chi connectivity index (χ0v) is 35.8.